The number of hydrogen-bond donors (Lipinski definition) is 0. The molecule has 0 unspecified atom stereocenters. The number of methoxy groups -OCH3 is 3. The number of nitriles is 1. The lowest BCUT2D eigenvalue weighted by Crippen LogP contribution is -2.01. The van der Waals surface area contributed by atoms with Gasteiger partial charge in [0.2, 0.25) is 5.78 Å². The van der Waals surface area contributed by atoms with Gasteiger partial charge in [-0.15, -0.1) is 0 Å². The minimum Gasteiger partial charge on any atom is -0.496 e. The molecule has 0 saturated carbocycles. The Bertz CT molecular complexity index is 1000. The molecule has 0 spiro atoms. The summed E-state index contributed by atoms with van der Waals surface area (Å²) in [7, 11) is 4.59. The molecule has 0 aromatic heterocycles. The van der Waals surface area contributed by atoms with E-state index in [4.69, 9.17) is 28.9 Å². The molecule has 1 aliphatic heterocycles. The van der Waals surface area contributed by atoms with Gasteiger partial charge in [0.05, 0.1) is 26.9 Å². The van der Waals surface area contributed by atoms with Gasteiger partial charge in [-0.25, -0.2) is 0 Å². The number of ketones is 1. The van der Waals surface area contributed by atoms with Crippen molar-refractivity contribution < 1.29 is 28.5 Å². The van der Waals surface area contributed by atoms with Gasteiger partial charge >= 0.3 is 0 Å². The second-order valence-corrected chi connectivity index (χ2v) is 5.95. The van der Waals surface area contributed by atoms with E-state index in [9.17, 15) is 4.79 Å². The molecule has 28 heavy (non-hydrogen) atoms. The molecule has 0 N–H and O–H groups in total. The lowest BCUT2D eigenvalue weighted by atomic mass is 10.0. The van der Waals surface area contributed by atoms with Crippen molar-refractivity contribution in [3.8, 4) is 34.8 Å². The maximum absolute atomic E-state index is 12.8. The lowest BCUT2D eigenvalue weighted by Gasteiger charge is -2.12. The first kappa shape index (κ1) is 19.1. The van der Waals surface area contributed by atoms with Gasteiger partial charge in [0.25, 0.3) is 0 Å². The largest absolute Gasteiger partial charge is 0.496 e. The molecule has 0 radical (unpaired) electrons. The van der Waals surface area contributed by atoms with Gasteiger partial charge in [0, 0.05) is 17.7 Å². The van der Waals surface area contributed by atoms with E-state index in [-0.39, 0.29) is 18.1 Å². The SMILES string of the molecule is COc1cc(OC)c(OC)cc1/C=C1\Oc2cc(OCC#N)cc(C)c2C1=O. The Morgan fingerprint density at radius 1 is 1.04 bits per heavy atom. The normalized spacial score (nSPS) is 13.5. The Morgan fingerprint density at radius 2 is 1.71 bits per heavy atom. The molecule has 0 atom stereocenters. The number of hydrogen-bond acceptors (Lipinski definition) is 7. The van der Waals surface area contributed by atoms with Gasteiger partial charge in [-0.05, 0) is 30.7 Å². The van der Waals surface area contributed by atoms with Crippen LogP contribution in [0.25, 0.3) is 6.08 Å². The van der Waals surface area contributed by atoms with Gasteiger partial charge in [-0.1, -0.05) is 0 Å². The highest BCUT2D eigenvalue weighted by Gasteiger charge is 2.30. The first-order chi connectivity index (χ1) is 13.5. The third-order valence-electron chi connectivity index (χ3n) is 4.27. The number of fused-ring (bicyclic) bond motifs is 1. The van der Waals surface area contributed by atoms with E-state index >= 15 is 0 Å². The predicted molar refractivity (Wildman–Crippen MR) is 101 cm³/mol. The number of ether oxygens (including phenoxy) is 5. The first-order valence-corrected chi connectivity index (χ1v) is 8.41. The van der Waals surface area contributed by atoms with Crippen molar-refractivity contribution in [2.75, 3.05) is 27.9 Å². The van der Waals surface area contributed by atoms with E-state index in [2.05, 4.69) is 0 Å². The smallest absolute Gasteiger partial charge is 0.232 e. The van der Waals surface area contributed by atoms with E-state index in [1.807, 2.05) is 6.07 Å². The standard InChI is InChI=1S/C21H19NO6/c1-12-7-14(27-6-5-22)10-18-20(12)21(23)19(28-18)9-13-8-16(25-3)17(26-4)11-15(13)24-2/h7-11H,6H2,1-4H3/b19-9-. The summed E-state index contributed by atoms with van der Waals surface area (Å²) in [5, 5.41) is 8.67. The molecule has 0 amide bonds. The van der Waals surface area contributed by atoms with Crippen molar-refractivity contribution in [3.63, 3.8) is 0 Å². The average Bonchev–Trinajstić information content (AvgIpc) is 3.01. The van der Waals surface area contributed by atoms with Crippen LogP contribution in [0.1, 0.15) is 21.5 Å². The van der Waals surface area contributed by atoms with Crippen LogP contribution in [-0.2, 0) is 0 Å². The summed E-state index contributed by atoms with van der Waals surface area (Å²) in [6.07, 6.45) is 1.60. The second kappa shape index (κ2) is 7.92. The summed E-state index contributed by atoms with van der Waals surface area (Å²) in [6, 6.07) is 8.60. The van der Waals surface area contributed by atoms with Crippen molar-refractivity contribution in [2.24, 2.45) is 0 Å². The Balaban J connectivity index is 2.01. The summed E-state index contributed by atoms with van der Waals surface area (Å²) in [6.45, 7) is 1.71. The summed E-state index contributed by atoms with van der Waals surface area (Å²) in [5.41, 5.74) is 1.78. The van der Waals surface area contributed by atoms with Crippen LogP contribution in [0, 0.1) is 18.3 Å². The van der Waals surface area contributed by atoms with Crippen molar-refractivity contribution >= 4 is 11.9 Å². The molecule has 144 valence electrons. The maximum Gasteiger partial charge on any atom is 0.232 e. The van der Waals surface area contributed by atoms with Crippen LogP contribution >= 0.6 is 0 Å². The lowest BCUT2D eigenvalue weighted by molar-refractivity contribution is 0.101. The van der Waals surface area contributed by atoms with E-state index in [0.717, 1.165) is 0 Å². The monoisotopic (exact) mass is 381 g/mol. The van der Waals surface area contributed by atoms with Crippen molar-refractivity contribution in [1.29, 1.82) is 5.26 Å². The van der Waals surface area contributed by atoms with E-state index < -0.39 is 0 Å². The zero-order chi connectivity index (χ0) is 20.3. The van der Waals surface area contributed by atoms with Crippen molar-refractivity contribution in [3.05, 3.63) is 46.7 Å². The number of rotatable bonds is 6. The molecule has 7 nitrogen and oxygen atoms in total. The fourth-order valence-corrected chi connectivity index (χ4v) is 2.98. The Morgan fingerprint density at radius 3 is 2.36 bits per heavy atom. The molecule has 7 heteroatoms. The molecule has 0 bridgehead atoms. The van der Waals surface area contributed by atoms with E-state index in [1.54, 1.807) is 37.3 Å². The third kappa shape index (κ3) is 3.45. The van der Waals surface area contributed by atoms with Crippen LogP contribution < -0.4 is 23.7 Å². The molecule has 1 heterocycles. The number of carbonyl (C=O) groups excluding carboxylic acids is 1. The summed E-state index contributed by atoms with van der Waals surface area (Å²) in [4.78, 5) is 12.8. The number of carbonyl (C=O) groups is 1. The predicted octanol–water partition coefficient (Wildman–Crippen LogP) is 3.54. The molecule has 0 saturated heterocycles. The topological polar surface area (TPSA) is 87.0 Å². The minimum atomic E-state index is -0.240. The van der Waals surface area contributed by atoms with E-state index in [1.165, 1.54) is 21.3 Å². The average molecular weight is 381 g/mol. The Labute approximate surface area is 162 Å². The molecular formula is C21H19NO6. The number of allylic oxidation sites excluding steroid dienone is 1. The number of Topliss-reactive ketones (excluding diaryl/α,β-unsaturated/α-hetero) is 1. The first-order valence-electron chi connectivity index (χ1n) is 8.41. The molecular weight excluding hydrogens is 362 g/mol. The molecule has 2 aromatic rings. The van der Waals surface area contributed by atoms with Crippen LogP contribution in [0.2, 0.25) is 0 Å². The summed E-state index contributed by atoms with van der Waals surface area (Å²) >= 11 is 0. The maximum atomic E-state index is 12.8. The number of aryl methyl sites for hydroxylation is 1. The molecule has 1 aliphatic rings. The Kier molecular flexibility index (Phi) is 5.41. The molecule has 0 fully saturated rings. The highest BCUT2D eigenvalue weighted by molar-refractivity contribution is 6.15. The van der Waals surface area contributed by atoms with Crippen LogP contribution in [0.4, 0.5) is 0 Å². The zero-order valence-corrected chi connectivity index (χ0v) is 16.0. The molecule has 3 rings (SSSR count). The number of benzene rings is 2. The van der Waals surface area contributed by atoms with Gasteiger partial charge in [0.15, 0.2) is 23.9 Å². The van der Waals surface area contributed by atoms with Crippen molar-refractivity contribution in [1.82, 2.24) is 0 Å². The van der Waals surface area contributed by atoms with Crippen LogP contribution in [0.3, 0.4) is 0 Å². The summed E-state index contributed by atoms with van der Waals surface area (Å²) < 4.78 is 27.1. The van der Waals surface area contributed by atoms with E-state index in [0.29, 0.717) is 45.4 Å². The second-order valence-electron chi connectivity index (χ2n) is 5.95. The number of nitrogens with zero attached hydrogens (tertiary/aromatic N) is 1. The van der Waals surface area contributed by atoms with Gasteiger partial charge < -0.3 is 23.7 Å². The fraction of sp³-hybridized carbons (Fsp3) is 0.238. The third-order valence-corrected chi connectivity index (χ3v) is 4.27. The highest BCUT2D eigenvalue weighted by Crippen LogP contribution is 2.40. The van der Waals surface area contributed by atoms with Gasteiger partial charge in [-0.2, -0.15) is 5.26 Å². The highest BCUT2D eigenvalue weighted by atomic mass is 16.5. The van der Waals surface area contributed by atoms with Gasteiger partial charge in [0.1, 0.15) is 23.3 Å². The van der Waals surface area contributed by atoms with Crippen LogP contribution in [0.15, 0.2) is 30.0 Å². The quantitative estimate of drug-likeness (QED) is 0.707. The minimum absolute atomic E-state index is 0.0856. The van der Waals surface area contributed by atoms with Crippen molar-refractivity contribution in [2.45, 2.75) is 6.92 Å². The van der Waals surface area contributed by atoms with Crippen LogP contribution in [0.5, 0.6) is 28.7 Å². The van der Waals surface area contributed by atoms with Gasteiger partial charge in [-0.3, -0.25) is 4.79 Å². The Hall–Kier alpha value is -3.66. The molecule has 2 aromatic carbocycles. The zero-order valence-electron chi connectivity index (χ0n) is 16.0. The molecule has 0 aliphatic carbocycles. The van der Waals surface area contributed by atoms with Crippen LogP contribution in [-0.4, -0.2) is 33.7 Å². The fourth-order valence-electron chi connectivity index (χ4n) is 2.98. The summed E-state index contributed by atoms with van der Waals surface area (Å²) in [5.74, 6) is 2.30.